The number of aliphatic hydroxyl groups is 2. The average molecular weight is 863 g/mol. The van der Waals surface area contributed by atoms with Crippen molar-refractivity contribution < 1.29 is 78.0 Å². The Bertz CT molecular complexity index is 2030. The smallest absolute Gasteiger partial charge is 0.351 e. The number of nitriles is 1. The van der Waals surface area contributed by atoms with Gasteiger partial charge in [-0.15, -0.1) is 0 Å². The number of aromatic nitrogens is 2. The lowest BCUT2D eigenvalue weighted by atomic mass is 9.67. The van der Waals surface area contributed by atoms with Gasteiger partial charge >= 0.3 is 19.5 Å². The zero-order valence-electron chi connectivity index (χ0n) is 29.6. The summed E-state index contributed by atoms with van der Waals surface area (Å²) < 4.78 is 135. The van der Waals surface area contributed by atoms with Crippen LogP contribution in [0.25, 0.3) is 11.0 Å². The fourth-order valence-corrected chi connectivity index (χ4v) is 11.8. The number of esters is 2. The highest BCUT2D eigenvalue weighted by atomic mass is 35.5. The molecule has 0 radical (unpaired) electrons. The maximum absolute atomic E-state index is 13.7. The third-order valence-electron chi connectivity index (χ3n) is 10.2. The Morgan fingerprint density at radius 2 is 1.59 bits per heavy atom. The predicted octanol–water partition coefficient (Wildman–Crippen LogP) is 4.56. The lowest BCUT2D eigenvalue weighted by molar-refractivity contribution is -0.201. The van der Waals surface area contributed by atoms with Crippen molar-refractivity contribution in [1.29, 1.82) is 5.26 Å². The van der Waals surface area contributed by atoms with Gasteiger partial charge in [0.25, 0.3) is 0 Å². The van der Waals surface area contributed by atoms with Gasteiger partial charge in [0.15, 0.2) is 26.7 Å². The molecule has 6 rings (SSSR count). The number of hydrogen-bond donors (Lipinski definition) is 3. The zero-order chi connectivity index (χ0) is 41.2. The summed E-state index contributed by atoms with van der Waals surface area (Å²) in [6.07, 6.45) is -9.59. The van der Waals surface area contributed by atoms with Gasteiger partial charge in [-0.05, 0) is 32.8 Å². The van der Waals surface area contributed by atoms with Gasteiger partial charge in [0.05, 0.1) is 22.3 Å². The van der Waals surface area contributed by atoms with Crippen LogP contribution < -0.4 is 5.32 Å². The first-order valence-corrected chi connectivity index (χ1v) is 21.0. The van der Waals surface area contributed by atoms with Crippen LogP contribution >= 0.6 is 19.2 Å². The summed E-state index contributed by atoms with van der Waals surface area (Å²) in [6.45, 7) is -0.152. The number of carbonyl (C=O) groups is 2. The fraction of sp³-hybridized carbons (Fsp3) is 0.688. The highest BCUT2D eigenvalue weighted by Crippen LogP contribution is 2.55. The number of halogens is 6. The van der Waals surface area contributed by atoms with Crippen LogP contribution in [-0.2, 0) is 47.2 Å². The minimum Gasteiger partial charge on any atom is -0.438 e. The van der Waals surface area contributed by atoms with Gasteiger partial charge in [-0.1, -0.05) is 11.6 Å². The first-order valence-electron chi connectivity index (χ1n) is 17.1. The number of nitrogens with zero attached hydrogens (tertiary/aromatic N) is 3. The van der Waals surface area contributed by atoms with Crippen LogP contribution in [0.15, 0.2) is 12.3 Å². The van der Waals surface area contributed by atoms with Crippen molar-refractivity contribution >= 4 is 57.7 Å². The van der Waals surface area contributed by atoms with Crippen LogP contribution in [0.1, 0.15) is 64.2 Å². The van der Waals surface area contributed by atoms with Gasteiger partial charge in [-0.25, -0.2) is 35.4 Å². The van der Waals surface area contributed by atoms with Crippen molar-refractivity contribution in [2.75, 3.05) is 30.1 Å². The van der Waals surface area contributed by atoms with Crippen molar-refractivity contribution in [2.45, 2.75) is 101 Å². The minimum atomic E-state index is -5.04. The summed E-state index contributed by atoms with van der Waals surface area (Å²) >= 11 is 6.30. The van der Waals surface area contributed by atoms with Gasteiger partial charge in [0, 0.05) is 43.3 Å². The molecular weight excluding hydrogens is 826 g/mol. The maximum atomic E-state index is 13.7. The molecule has 0 unspecified atom stereocenters. The normalized spacial score (nSPS) is 28.7. The van der Waals surface area contributed by atoms with E-state index < -0.39 is 133 Å². The molecular formula is C32H37ClF5N4O12PS. The van der Waals surface area contributed by atoms with E-state index in [1.54, 1.807) is 0 Å². The lowest BCUT2D eigenvalue weighted by Crippen LogP contribution is -2.50. The number of carbonyl (C=O) groups excluding carboxylic acids is 2. The zero-order valence-corrected chi connectivity index (χ0v) is 32.1. The molecule has 3 saturated carbocycles. The minimum absolute atomic E-state index is 0.0351. The number of nitrogens with one attached hydrogen (secondary N) is 1. The van der Waals surface area contributed by atoms with Gasteiger partial charge < -0.3 is 34.3 Å². The number of aliphatic hydroxyl groups excluding tert-OH is 2. The second-order valence-electron chi connectivity index (χ2n) is 15.2. The monoisotopic (exact) mass is 862 g/mol. The standard InChI is InChI=1S/C32H37ClF5N4O12PS/c1-29(9-31(35,36)10-29)27(45)50-13-52-55(47,53-14-51-28(46)30(2)11-32(37,38)12-30)15-56(48,49)8-20-22(43)23(44)26(54-20)42-4-3-18-21(40-17-5-16(34)6-17)19(7-39)24(33)41-25(18)42/h3-4,16-17,20,22-23,26,43-44H,5-6,8-15H2,1-2H3,(H,40,41)/t16-,17+,20-,22-,23-,26-/m1/s1. The Morgan fingerprint density at radius 3 is 2.07 bits per heavy atom. The molecule has 3 N–H and O–H groups in total. The third-order valence-corrected chi connectivity index (χ3v) is 15.1. The maximum Gasteiger partial charge on any atom is 0.351 e. The van der Waals surface area contributed by atoms with Crippen LogP contribution in [-0.4, -0.2) is 107 Å². The van der Waals surface area contributed by atoms with E-state index in [0.29, 0.717) is 5.39 Å². The molecule has 0 spiro atoms. The number of hydrogen-bond acceptors (Lipinski definition) is 15. The SMILES string of the molecule is CC1(C(=O)OCOP(=O)(CS(=O)(=O)C[C@H]2O[C@@H](n3ccc4c(N[C@H]5C[C@@H](F)C5)c(C#N)c(Cl)nc43)[C@H](O)[C@@H]2O)OCOC(=O)C2(C)CC(F)(F)C2)CC(F)(F)C1. The Morgan fingerprint density at radius 1 is 1.05 bits per heavy atom. The van der Waals surface area contributed by atoms with E-state index in [1.165, 1.54) is 30.7 Å². The molecule has 3 aliphatic carbocycles. The summed E-state index contributed by atoms with van der Waals surface area (Å²) in [7, 11) is -9.77. The average Bonchev–Trinajstić information content (AvgIpc) is 3.57. The van der Waals surface area contributed by atoms with Crippen LogP contribution in [0.2, 0.25) is 5.15 Å². The predicted molar refractivity (Wildman–Crippen MR) is 182 cm³/mol. The number of pyridine rings is 1. The van der Waals surface area contributed by atoms with E-state index >= 15 is 0 Å². The molecule has 310 valence electrons. The van der Waals surface area contributed by atoms with E-state index in [0.717, 1.165) is 0 Å². The van der Waals surface area contributed by atoms with Gasteiger partial charge in [0.1, 0.15) is 41.8 Å². The molecule has 56 heavy (non-hydrogen) atoms. The highest BCUT2D eigenvalue weighted by molar-refractivity contribution is 7.97. The summed E-state index contributed by atoms with van der Waals surface area (Å²) in [6, 6.07) is 3.11. The second-order valence-corrected chi connectivity index (χ2v) is 20.2. The van der Waals surface area contributed by atoms with Crippen LogP contribution in [0.4, 0.5) is 27.6 Å². The van der Waals surface area contributed by atoms with Crippen molar-refractivity contribution in [2.24, 2.45) is 10.8 Å². The molecule has 0 amide bonds. The van der Waals surface area contributed by atoms with Crippen LogP contribution in [0.3, 0.4) is 0 Å². The van der Waals surface area contributed by atoms with E-state index in [4.69, 9.17) is 34.9 Å². The fourth-order valence-electron chi connectivity index (χ4n) is 7.36. The first-order chi connectivity index (χ1) is 25.9. The number of anilines is 1. The molecule has 4 fully saturated rings. The summed E-state index contributed by atoms with van der Waals surface area (Å²) in [5.41, 5.74) is -4.52. The molecule has 3 heterocycles. The lowest BCUT2D eigenvalue weighted by Gasteiger charge is -2.42. The first kappa shape index (κ1) is 42.4. The molecule has 2 aromatic heterocycles. The summed E-state index contributed by atoms with van der Waals surface area (Å²) in [4.78, 5) is 29.1. The van der Waals surface area contributed by atoms with Gasteiger partial charge in [-0.2, -0.15) is 5.26 Å². The number of rotatable bonds is 15. The van der Waals surface area contributed by atoms with Crippen LogP contribution in [0.5, 0.6) is 0 Å². The Labute approximate surface area is 320 Å². The van der Waals surface area contributed by atoms with E-state index in [1.807, 2.05) is 6.07 Å². The molecule has 0 aromatic carbocycles. The molecule has 2 aromatic rings. The third kappa shape index (κ3) is 8.65. The molecule has 4 atom stereocenters. The largest absolute Gasteiger partial charge is 0.438 e. The Kier molecular flexibility index (Phi) is 11.3. The second kappa shape index (κ2) is 14.9. The Balaban J connectivity index is 1.15. The van der Waals surface area contributed by atoms with Gasteiger partial charge in [-0.3, -0.25) is 23.2 Å². The molecule has 0 bridgehead atoms. The summed E-state index contributed by atoms with van der Waals surface area (Å²) in [5, 5.41) is 34.7. The van der Waals surface area contributed by atoms with E-state index in [-0.39, 0.29) is 40.9 Å². The van der Waals surface area contributed by atoms with Crippen LogP contribution in [0, 0.1) is 22.2 Å². The summed E-state index contributed by atoms with van der Waals surface area (Å²) in [5.74, 6) is -9.74. The molecule has 24 heteroatoms. The number of alkyl halides is 5. The molecule has 16 nitrogen and oxygen atoms in total. The quantitative estimate of drug-likeness (QED) is 0.0734. The van der Waals surface area contributed by atoms with E-state index in [9.17, 15) is 60.0 Å². The van der Waals surface area contributed by atoms with E-state index in [2.05, 4.69) is 10.3 Å². The molecule has 1 aliphatic heterocycles. The van der Waals surface area contributed by atoms with Crippen molar-refractivity contribution in [3.05, 3.63) is 23.0 Å². The molecule has 1 saturated heterocycles. The van der Waals surface area contributed by atoms with Crippen molar-refractivity contribution in [1.82, 2.24) is 9.55 Å². The van der Waals surface area contributed by atoms with Crippen molar-refractivity contribution in [3.63, 3.8) is 0 Å². The number of sulfone groups is 1. The topological polar surface area (TPSA) is 226 Å². The highest BCUT2D eigenvalue weighted by Gasteiger charge is 2.60. The number of ether oxygens (including phenoxy) is 3. The number of fused-ring (bicyclic) bond motifs is 1. The van der Waals surface area contributed by atoms with Gasteiger partial charge in [0.2, 0.25) is 25.4 Å². The Hall–Kier alpha value is -3.16. The molecule has 4 aliphatic rings. The van der Waals surface area contributed by atoms with Crippen molar-refractivity contribution in [3.8, 4) is 6.07 Å².